The van der Waals surface area contributed by atoms with Gasteiger partial charge in [0.25, 0.3) is 5.56 Å². The normalized spacial score (nSPS) is 10.8. The molecule has 2 heterocycles. The number of hydrogen-bond acceptors (Lipinski definition) is 8. The quantitative estimate of drug-likeness (QED) is 0.248. The number of para-hydroxylation sites is 1. The number of thiophene rings is 1. The third kappa shape index (κ3) is 5.60. The second-order valence-electron chi connectivity index (χ2n) is 7.45. The first kappa shape index (κ1) is 24.6. The van der Waals surface area contributed by atoms with Gasteiger partial charge >= 0.3 is 0 Å². The van der Waals surface area contributed by atoms with Gasteiger partial charge < -0.3 is 19.5 Å². The summed E-state index contributed by atoms with van der Waals surface area (Å²) in [6, 6.07) is 14.6. The number of aryl methyl sites for hydroxylation is 1. The molecule has 0 saturated carbocycles. The van der Waals surface area contributed by atoms with Gasteiger partial charge in [0.1, 0.15) is 0 Å². The Morgan fingerprint density at radius 2 is 1.80 bits per heavy atom. The summed E-state index contributed by atoms with van der Waals surface area (Å²) in [6.07, 6.45) is 0.711. The van der Waals surface area contributed by atoms with Crippen molar-refractivity contribution in [3.63, 3.8) is 0 Å². The number of benzene rings is 2. The summed E-state index contributed by atoms with van der Waals surface area (Å²) in [6.45, 7) is 0.480. The maximum atomic E-state index is 13.2. The Labute approximate surface area is 210 Å². The van der Waals surface area contributed by atoms with Crippen molar-refractivity contribution in [3.05, 3.63) is 69.1 Å². The van der Waals surface area contributed by atoms with Crippen LogP contribution in [-0.4, -0.2) is 42.5 Å². The van der Waals surface area contributed by atoms with Crippen LogP contribution in [0.15, 0.2) is 63.9 Å². The first-order chi connectivity index (χ1) is 17.0. The van der Waals surface area contributed by atoms with Gasteiger partial charge in [-0.3, -0.25) is 14.2 Å². The molecule has 0 atom stereocenters. The molecule has 182 valence electrons. The molecule has 0 aliphatic rings. The highest BCUT2D eigenvalue weighted by atomic mass is 32.2. The van der Waals surface area contributed by atoms with E-state index in [0.717, 1.165) is 0 Å². The molecular weight excluding hydrogens is 486 g/mol. The summed E-state index contributed by atoms with van der Waals surface area (Å²) >= 11 is 2.87. The Morgan fingerprint density at radius 3 is 2.46 bits per heavy atom. The number of carbonyl (C=O) groups is 1. The SMILES string of the molecule is COc1cc(NC(=O)CSc2nc3ccccc3c(=O)n2CCc2cccs2)cc(OC)c1OC. The van der Waals surface area contributed by atoms with Gasteiger partial charge in [0.05, 0.1) is 38.0 Å². The molecule has 0 aliphatic carbocycles. The Bertz CT molecular complexity index is 1360. The number of thioether (sulfide) groups is 1. The Hall–Kier alpha value is -3.50. The maximum absolute atomic E-state index is 13.2. The minimum absolute atomic E-state index is 0.0699. The van der Waals surface area contributed by atoms with Gasteiger partial charge in [-0.25, -0.2) is 4.98 Å². The van der Waals surface area contributed by atoms with Crippen molar-refractivity contribution >= 4 is 45.6 Å². The van der Waals surface area contributed by atoms with Gasteiger partial charge in [0.2, 0.25) is 11.7 Å². The molecule has 35 heavy (non-hydrogen) atoms. The zero-order valence-corrected chi connectivity index (χ0v) is 21.2. The average Bonchev–Trinajstić information content (AvgIpc) is 3.40. The van der Waals surface area contributed by atoms with Gasteiger partial charge in [-0.1, -0.05) is 30.0 Å². The fraction of sp³-hybridized carbons (Fsp3) is 0.240. The third-order valence-electron chi connectivity index (χ3n) is 5.27. The minimum Gasteiger partial charge on any atom is -0.493 e. The number of rotatable bonds is 10. The van der Waals surface area contributed by atoms with E-state index in [4.69, 9.17) is 14.2 Å². The van der Waals surface area contributed by atoms with Crippen LogP contribution in [0.2, 0.25) is 0 Å². The number of carbonyl (C=O) groups excluding carboxylic acids is 1. The lowest BCUT2D eigenvalue weighted by Crippen LogP contribution is -2.25. The van der Waals surface area contributed by atoms with Crippen LogP contribution in [-0.2, 0) is 17.8 Å². The molecular formula is C25H25N3O5S2. The van der Waals surface area contributed by atoms with E-state index in [9.17, 15) is 9.59 Å². The summed E-state index contributed by atoms with van der Waals surface area (Å²) in [7, 11) is 4.54. The van der Waals surface area contributed by atoms with Gasteiger partial charge in [-0.15, -0.1) is 11.3 Å². The van der Waals surface area contributed by atoms with Crippen molar-refractivity contribution in [3.8, 4) is 17.2 Å². The Kier molecular flexibility index (Phi) is 7.94. The van der Waals surface area contributed by atoms with E-state index in [2.05, 4.69) is 10.3 Å². The largest absolute Gasteiger partial charge is 0.493 e. The molecule has 0 spiro atoms. The molecule has 1 N–H and O–H groups in total. The predicted octanol–water partition coefficient (Wildman–Crippen LogP) is 4.46. The number of ether oxygens (including phenoxy) is 3. The van der Waals surface area contributed by atoms with E-state index in [1.54, 1.807) is 40.2 Å². The highest BCUT2D eigenvalue weighted by molar-refractivity contribution is 7.99. The van der Waals surface area contributed by atoms with Crippen molar-refractivity contribution in [2.45, 2.75) is 18.1 Å². The first-order valence-electron chi connectivity index (χ1n) is 10.8. The summed E-state index contributed by atoms with van der Waals surface area (Å²) < 4.78 is 17.7. The van der Waals surface area contributed by atoms with Gasteiger partial charge in [0, 0.05) is 29.2 Å². The molecule has 0 fully saturated rings. The first-order valence-corrected chi connectivity index (χ1v) is 12.6. The van der Waals surface area contributed by atoms with E-state index in [0.29, 0.717) is 52.0 Å². The number of amides is 1. The van der Waals surface area contributed by atoms with E-state index >= 15 is 0 Å². The topological polar surface area (TPSA) is 91.7 Å². The van der Waals surface area contributed by atoms with Crippen molar-refractivity contribution in [1.82, 2.24) is 9.55 Å². The lowest BCUT2D eigenvalue weighted by molar-refractivity contribution is -0.113. The monoisotopic (exact) mass is 511 g/mol. The molecule has 0 saturated heterocycles. The van der Waals surface area contributed by atoms with E-state index in [-0.39, 0.29) is 17.2 Å². The second-order valence-corrected chi connectivity index (χ2v) is 9.42. The zero-order chi connectivity index (χ0) is 24.8. The molecule has 0 aliphatic heterocycles. The van der Waals surface area contributed by atoms with Crippen molar-refractivity contribution in [2.24, 2.45) is 0 Å². The Balaban J connectivity index is 1.54. The molecule has 0 unspecified atom stereocenters. The van der Waals surface area contributed by atoms with Gasteiger partial charge in [-0.05, 0) is 30.0 Å². The van der Waals surface area contributed by atoms with Gasteiger partial charge in [0.15, 0.2) is 16.7 Å². The standard InChI is InChI=1S/C25H25N3O5S2/c1-31-20-13-16(14-21(32-2)23(20)33-3)26-22(29)15-35-25-27-19-9-5-4-8-18(19)24(30)28(25)11-10-17-7-6-12-34-17/h4-9,12-14H,10-11,15H2,1-3H3,(H,26,29). The van der Waals surface area contributed by atoms with E-state index < -0.39 is 0 Å². The third-order valence-corrected chi connectivity index (χ3v) is 7.18. The molecule has 1 amide bonds. The number of nitrogens with one attached hydrogen (secondary N) is 1. The summed E-state index contributed by atoms with van der Waals surface area (Å²) in [5, 5.41) is 5.93. The van der Waals surface area contributed by atoms with Crippen molar-refractivity contribution in [2.75, 3.05) is 32.4 Å². The van der Waals surface area contributed by atoms with Crippen LogP contribution in [0, 0.1) is 0 Å². The fourth-order valence-electron chi connectivity index (χ4n) is 3.61. The predicted molar refractivity (Wildman–Crippen MR) is 139 cm³/mol. The van der Waals surface area contributed by atoms with Gasteiger partial charge in [-0.2, -0.15) is 0 Å². The zero-order valence-electron chi connectivity index (χ0n) is 19.6. The number of anilines is 1. The molecule has 2 aromatic heterocycles. The fourth-order valence-corrected chi connectivity index (χ4v) is 5.14. The van der Waals surface area contributed by atoms with Crippen LogP contribution in [0.25, 0.3) is 10.9 Å². The lowest BCUT2D eigenvalue weighted by atomic mass is 10.2. The number of nitrogens with zero attached hydrogens (tertiary/aromatic N) is 2. The molecule has 10 heteroatoms. The van der Waals surface area contributed by atoms with Crippen LogP contribution in [0.5, 0.6) is 17.2 Å². The average molecular weight is 512 g/mol. The summed E-state index contributed by atoms with van der Waals surface area (Å²) in [5.41, 5.74) is 1.00. The Morgan fingerprint density at radius 1 is 1.06 bits per heavy atom. The molecule has 2 aromatic carbocycles. The van der Waals surface area contributed by atoms with E-state index in [1.807, 2.05) is 29.6 Å². The molecule has 0 bridgehead atoms. The maximum Gasteiger partial charge on any atom is 0.262 e. The van der Waals surface area contributed by atoms with Crippen LogP contribution in [0.4, 0.5) is 5.69 Å². The van der Waals surface area contributed by atoms with Crippen molar-refractivity contribution < 1.29 is 19.0 Å². The smallest absolute Gasteiger partial charge is 0.262 e. The van der Waals surface area contributed by atoms with Crippen LogP contribution >= 0.6 is 23.1 Å². The highest BCUT2D eigenvalue weighted by Crippen LogP contribution is 2.40. The number of fused-ring (bicyclic) bond motifs is 1. The lowest BCUT2D eigenvalue weighted by Gasteiger charge is -2.15. The summed E-state index contributed by atoms with van der Waals surface area (Å²) in [4.78, 5) is 31.9. The molecule has 4 rings (SSSR count). The van der Waals surface area contributed by atoms with Crippen molar-refractivity contribution in [1.29, 1.82) is 0 Å². The second kappa shape index (κ2) is 11.3. The molecule has 4 aromatic rings. The highest BCUT2D eigenvalue weighted by Gasteiger charge is 2.16. The molecule has 0 radical (unpaired) electrons. The van der Waals surface area contributed by atoms with Crippen LogP contribution in [0.1, 0.15) is 4.88 Å². The number of aromatic nitrogens is 2. The number of methoxy groups -OCH3 is 3. The van der Waals surface area contributed by atoms with Crippen LogP contribution in [0.3, 0.4) is 0 Å². The number of hydrogen-bond donors (Lipinski definition) is 1. The minimum atomic E-state index is -0.253. The van der Waals surface area contributed by atoms with Crippen LogP contribution < -0.4 is 25.1 Å². The summed E-state index contributed by atoms with van der Waals surface area (Å²) in [5.74, 6) is 1.14. The van der Waals surface area contributed by atoms with E-state index in [1.165, 1.54) is 38.0 Å². The molecule has 8 nitrogen and oxygen atoms in total.